The van der Waals surface area contributed by atoms with E-state index in [2.05, 4.69) is 20.5 Å². The van der Waals surface area contributed by atoms with Crippen LogP contribution in [0.3, 0.4) is 0 Å². The topological polar surface area (TPSA) is 79.4 Å². The lowest BCUT2D eigenvalue weighted by Gasteiger charge is -2.07. The van der Waals surface area contributed by atoms with E-state index in [4.69, 9.17) is 4.74 Å². The summed E-state index contributed by atoms with van der Waals surface area (Å²) in [6.07, 6.45) is 1.63. The van der Waals surface area contributed by atoms with Gasteiger partial charge in [0.1, 0.15) is 5.75 Å². The Balaban J connectivity index is 2.15. The molecule has 2 rings (SSSR count). The molecule has 6 nitrogen and oxygen atoms in total. The molecule has 1 aromatic heterocycles. The Morgan fingerprint density at radius 3 is 2.91 bits per heavy atom. The number of nitrogens with zero attached hydrogens (tertiary/aromatic N) is 2. The van der Waals surface area contributed by atoms with Crippen molar-refractivity contribution in [2.75, 3.05) is 12.0 Å². The first-order chi connectivity index (χ1) is 10.6. The maximum atomic E-state index is 11.6. The summed E-state index contributed by atoms with van der Waals surface area (Å²) in [5, 5.41) is 4.11. The number of rotatable bonds is 6. The Labute approximate surface area is 129 Å². The molecule has 0 bridgehead atoms. The van der Waals surface area contributed by atoms with E-state index in [-0.39, 0.29) is 11.5 Å². The van der Waals surface area contributed by atoms with E-state index in [9.17, 15) is 4.79 Å². The van der Waals surface area contributed by atoms with Crippen LogP contribution in [-0.4, -0.2) is 22.8 Å². The molecule has 0 aliphatic heterocycles. The number of H-pyrrole nitrogens is 1. The van der Waals surface area contributed by atoms with Crippen LogP contribution in [0.25, 0.3) is 0 Å². The fraction of sp³-hybridized carbons (Fsp3) is 0.312. The first-order valence-electron chi connectivity index (χ1n) is 7.22. The number of hydrogen-bond donors (Lipinski definition) is 2. The van der Waals surface area contributed by atoms with Crippen molar-refractivity contribution in [2.45, 2.75) is 26.7 Å². The molecule has 0 amide bonds. The molecule has 6 heteroatoms. The molecule has 0 aliphatic rings. The third-order valence-electron chi connectivity index (χ3n) is 2.95. The molecule has 0 spiro atoms. The second-order valence-corrected chi connectivity index (χ2v) is 5.01. The van der Waals surface area contributed by atoms with Crippen LogP contribution in [0.1, 0.15) is 37.9 Å². The number of aromatic amines is 1. The van der Waals surface area contributed by atoms with Crippen LogP contribution in [0.5, 0.6) is 5.75 Å². The molecule has 1 aromatic carbocycles. The Morgan fingerprint density at radius 2 is 2.18 bits per heavy atom. The number of para-hydroxylation sites is 1. The standard InChI is InChI=1S/C16H20N4O2/c1-4-22-14-8-6-5-7-12(14)10-17-20-16-18-13(11(2)3)9-15(21)19-16/h5-11H,4H2,1-3H3,(H2,18,19,20,21)/b17-10-. The molecule has 2 N–H and O–H groups in total. The number of benzene rings is 1. The van der Waals surface area contributed by atoms with Gasteiger partial charge in [0.25, 0.3) is 5.56 Å². The molecule has 0 saturated carbocycles. The van der Waals surface area contributed by atoms with Crippen molar-refractivity contribution < 1.29 is 4.74 Å². The monoisotopic (exact) mass is 300 g/mol. The molecule has 0 fully saturated rings. The van der Waals surface area contributed by atoms with Crippen LogP contribution in [0.4, 0.5) is 5.95 Å². The molecule has 0 atom stereocenters. The maximum Gasteiger partial charge on any atom is 0.252 e. The van der Waals surface area contributed by atoms with Gasteiger partial charge in [-0.1, -0.05) is 26.0 Å². The SMILES string of the molecule is CCOc1ccccc1/C=N\Nc1nc(C(C)C)cc(=O)[nH]1. The normalized spacial score (nSPS) is 11.1. The lowest BCUT2D eigenvalue weighted by molar-refractivity contribution is 0.340. The zero-order chi connectivity index (χ0) is 15.9. The van der Waals surface area contributed by atoms with Crippen LogP contribution < -0.4 is 15.7 Å². The summed E-state index contributed by atoms with van der Waals surface area (Å²) in [5.41, 5.74) is 4.11. The number of ether oxygens (including phenoxy) is 1. The molecular weight excluding hydrogens is 280 g/mol. The van der Waals surface area contributed by atoms with Crippen molar-refractivity contribution in [1.29, 1.82) is 0 Å². The number of hydrogen-bond acceptors (Lipinski definition) is 5. The van der Waals surface area contributed by atoms with Crippen LogP contribution in [0.2, 0.25) is 0 Å². The second-order valence-electron chi connectivity index (χ2n) is 5.01. The van der Waals surface area contributed by atoms with Crippen molar-refractivity contribution in [2.24, 2.45) is 5.10 Å². The fourth-order valence-corrected chi connectivity index (χ4v) is 1.86. The van der Waals surface area contributed by atoms with Crippen molar-refractivity contribution in [3.63, 3.8) is 0 Å². The van der Waals surface area contributed by atoms with E-state index in [0.717, 1.165) is 17.0 Å². The Morgan fingerprint density at radius 1 is 1.41 bits per heavy atom. The number of nitrogens with one attached hydrogen (secondary N) is 2. The average molecular weight is 300 g/mol. The second kappa shape index (κ2) is 7.40. The Kier molecular flexibility index (Phi) is 5.30. The van der Waals surface area contributed by atoms with Crippen LogP contribution in [0.15, 0.2) is 40.2 Å². The molecule has 0 aliphatic carbocycles. The first-order valence-corrected chi connectivity index (χ1v) is 7.22. The van der Waals surface area contributed by atoms with Gasteiger partial charge in [-0.3, -0.25) is 9.78 Å². The smallest absolute Gasteiger partial charge is 0.252 e. The summed E-state index contributed by atoms with van der Waals surface area (Å²) in [4.78, 5) is 18.5. The maximum absolute atomic E-state index is 11.6. The summed E-state index contributed by atoms with van der Waals surface area (Å²) < 4.78 is 5.52. The zero-order valence-corrected chi connectivity index (χ0v) is 13.0. The van der Waals surface area contributed by atoms with Gasteiger partial charge in [0.15, 0.2) is 0 Å². The van der Waals surface area contributed by atoms with Crippen molar-refractivity contribution in [1.82, 2.24) is 9.97 Å². The summed E-state index contributed by atoms with van der Waals surface area (Å²) in [6, 6.07) is 9.08. The minimum absolute atomic E-state index is 0.172. The summed E-state index contributed by atoms with van der Waals surface area (Å²) in [7, 11) is 0. The van der Waals surface area contributed by atoms with Crippen LogP contribution >= 0.6 is 0 Å². The fourth-order valence-electron chi connectivity index (χ4n) is 1.86. The van der Waals surface area contributed by atoms with Crippen molar-refractivity contribution in [3.05, 3.63) is 51.9 Å². The predicted octanol–water partition coefficient (Wildman–Crippen LogP) is 2.74. The first kappa shape index (κ1) is 15.8. The summed E-state index contributed by atoms with van der Waals surface area (Å²) in [6.45, 7) is 6.47. The predicted molar refractivity (Wildman–Crippen MR) is 87.8 cm³/mol. The van der Waals surface area contributed by atoms with Gasteiger partial charge < -0.3 is 4.74 Å². The van der Waals surface area contributed by atoms with E-state index in [1.165, 1.54) is 6.07 Å². The largest absolute Gasteiger partial charge is 0.493 e. The third kappa shape index (κ3) is 4.18. The summed E-state index contributed by atoms with van der Waals surface area (Å²) in [5.74, 6) is 1.25. The number of hydrazone groups is 1. The van der Waals surface area contributed by atoms with Crippen LogP contribution in [-0.2, 0) is 0 Å². The minimum Gasteiger partial charge on any atom is -0.493 e. The molecule has 2 aromatic rings. The number of anilines is 1. The lowest BCUT2D eigenvalue weighted by atomic mass is 10.1. The van der Waals surface area contributed by atoms with Gasteiger partial charge in [-0.05, 0) is 25.0 Å². The van der Waals surface area contributed by atoms with E-state index in [1.54, 1.807) is 6.21 Å². The van der Waals surface area contributed by atoms with E-state index >= 15 is 0 Å². The van der Waals surface area contributed by atoms with Gasteiger partial charge in [0.2, 0.25) is 5.95 Å². The van der Waals surface area contributed by atoms with Gasteiger partial charge in [0, 0.05) is 11.6 Å². The van der Waals surface area contributed by atoms with Crippen molar-refractivity contribution in [3.8, 4) is 5.75 Å². The van der Waals surface area contributed by atoms with Crippen LogP contribution in [0, 0.1) is 0 Å². The van der Waals surface area contributed by atoms with Gasteiger partial charge in [-0.15, -0.1) is 0 Å². The van der Waals surface area contributed by atoms with Gasteiger partial charge >= 0.3 is 0 Å². The van der Waals surface area contributed by atoms with Gasteiger partial charge in [-0.25, -0.2) is 10.4 Å². The molecule has 0 unspecified atom stereocenters. The molecule has 22 heavy (non-hydrogen) atoms. The van der Waals surface area contributed by atoms with Gasteiger partial charge in [-0.2, -0.15) is 5.10 Å². The zero-order valence-electron chi connectivity index (χ0n) is 13.0. The highest BCUT2D eigenvalue weighted by Gasteiger charge is 2.04. The van der Waals surface area contributed by atoms with Crippen molar-refractivity contribution >= 4 is 12.2 Å². The van der Waals surface area contributed by atoms with E-state index in [0.29, 0.717) is 12.6 Å². The lowest BCUT2D eigenvalue weighted by Crippen LogP contribution is -2.12. The highest BCUT2D eigenvalue weighted by Crippen LogP contribution is 2.15. The van der Waals surface area contributed by atoms with E-state index < -0.39 is 0 Å². The highest BCUT2D eigenvalue weighted by atomic mass is 16.5. The summed E-state index contributed by atoms with van der Waals surface area (Å²) >= 11 is 0. The minimum atomic E-state index is -0.203. The average Bonchev–Trinajstić information content (AvgIpc) is 2.48. The molecule has 0 radical (unpaired) electrons. The Hall–Kier alpha value is -2.63. The highest BCUT2D eigenvalue weighted by molar-refractivity contribution is 5.83. The van der Waals surface area contributed by atoms with E-state index in [1.807, 2.05) is 45.0 Å². The Bertz CT molecular complexity index is 707. The third-order valence-corrected chi connectivity index (χ3v) is 2.95. The molecular formula is C16H20N4O2. The molecule has 0 saturated heterocycles. The molecule has 116 valence electrons. The quantitative estimate of drug-likeness (QED) is 0.635. The molecule has 1 heterocycles. The van der Waals surface area contributed by atoms with Gasteiger partial charge in [0.05, 0.1) is 18.5 Å². The number of aromatic nitrogens is 2.